The molecule has 4 nitrogen and oxygen atoms in total. The molecule has 0 saturated heterocycles. The zero-order chi connectivity index (χ0) is 17.6. The third-order valence-electron chi connectivity index (χ3n) is 5.23. The number of rotatable bonds is 2. The fourth-order valence-corrected chi connectivity index (χ4v) is 4.92. The maximum Gasteiger partial charge on any atom is 0.142 e. The summed E-state index contributed by atoms with van der Waals surface area (Å²) in [6, 6.07) is 7.25. The van der Waals surface area contributed by atoms with E-state index in [9.17, 15) is 5.11 Å². The van der Waals surface area contributed by atoms with Gasteiger partial charge in [-0.15, -0.1) is 11.3 Å². The van der Waals surface area contributed by atoms with E-state index >= 15 is 0 Å². The minimum atomic E-state index is 0.228. The summed E-state index contributed by atoms with van der Waals surface area (Å²) in [5.41, 5.74) is 2.39. The molecule has 2 N–H and O–H groups in total. The maximum atomic E-state index is 10.1. The molecule has 5 heteroatoms. The van der Waals surface area contributed by atoms with Gasteiger partial charge < -0.3 is 10.4 Å². The molecule has 1 atom stereocenters. The number of benzene rings is 1. The average molecular weight is 353 g/mol. The van der Waals surface area contributed by atoms with Crippen molar-refractivity contribution >= 4 is 33.1 Å². The second-order valence-electron chi connectivity index (χ2n) is 7.85. The lowest BCUT2D eigenvalue weighted by molar-refractivity contribution is 0.218. The Morgan fingerprint density at radius 2 is 2.00 bits per heavy atom. The number of aryl methyl sites for hydroxylation is 1. The average Bonchev–Trinajstić information content (AvgIpc) is 2.94. The molecule has 1 aromatic carbocycles. The molecule has 1 aliphatic carbocycles. The topological polar surface area (TPSA) is 58.0 Å². The van der Waals surface area contributed by atoms with Gasteiger partial charge in [0.15, 0.2) is 0 Å². The zero-order valence-electron chi connectivity index (χ0n) is 14.8. The quantitative estimate of drug-likeness (QED) is 0.615. The van der Waals surface area contributed by atoms with Crippen LogP contribution in [0.3, 0.4) is 0 Å². The van der Waals surface area contributed by atoms with E-state index in [0.29, 0.717) is 17.0 Å². The first-order chi connectivity index (χ1) is 11.9. The van der Waals surface area contributed by atoms with Gasteiger partial charge in [0.1, 0.15) is 22.7 Å². The maximum absolute atomic E-state index is 10.1. The van der Waals surface area contributed by atoms with Crippen molar-refractivity contribution in [1.82, 2.24) is 9.97 Å². The number of aromatic nitrogens is 2. The van der Waals surface area contributed by atoms with E-state index in [1.54, 1.807) is 23.7 Å². The molecule has 25 heavy (non-hydrogen) atoms. The summed E-state index contributed by atoms with van der Waals surface area (Å²) in [4.78, 5) is 11.4. The molecule has 0 aliphatic heterocycles. The smallest absolute Gasteiger partial charge is 0.142 e. The Hall–Kier alpha value is -2.14. The first-order valence-electron chi connectivity index (χ1n) is 8.74. The summed E-state index contributed by atoms with van der Waals surface area (Å²) in [5, 5.41) is 14.5. The van der Waals surface area contributed by atoms with Crippen LogP contribution in [-0.2, 0) is 12.8 Å². The standard InChI is InChI=1S/C20H23N3OS/c1-20(2,3)12-8-9-13-16(10-12)25-19-17(13)18(21-11-22-19)23-14-6-4-5-7-15(14)24/h4-7,11-12,24H,8-10H2,1-3H3,(H,21,22,23). The van der Waals surface area contributed by atoms with Crippen molar-refractivity contribution in [3.63, 3.8) is 0 Å². The number of para-hydroxylation sites is 2. The number of phenols is 1. The van der Waals surface area contributed by atoms with Crippen LogP contribution in [0.4, 0.5) is 11.5 Å². The van der Waals surface area contributed by atoms with Crippen LogP contribution in [-0.4, -0.2) is 15.1 Å². The Balaban J connectivity index is 1.76. The van der Waals surface area contributed by atoms with Gasteiger partial charge in [0.05, 0.1) is 11.1 Å². The number of hydrogen-bond donors (Lipinski definition) is 2. The van der Waals surface area contributed by atoms with Crippen molar-refractivity contribution < 1.29 is 5.11 Å². The van der Waals surface area contributed by atoms with Gasteiger partial charge >= 0.3 is 0 Å². The molecule has 1 aliphatic rings. The minimum absolute atomic E-state index is 0.228. The lowest BCUT2D eigenvalue weighted by Crippen LogP contribution is -2.26. The first-order valence-corrected chi connectivity index (χ1v) is 9.55. The molecular formula is C20H23N3OS. The number of aromatic hydroxyl groups is 1. The molecule has 1 unspecified atom stereocenters. The minimum Gasteiger partial charge on any atom is -0.506 e. The van der Waals surface area contributed by atoms with Gasteiger partial charge in [-0.1, -0.05) is 32.9 Å². The molecule has 0 spiro atoms. The molecular weight excluding hydrogens is 330 g/mol. The molecule has 0 amide bonds. The van der Waals surface area contributed by atoms with E-state index in [4.69, 9.17) is 0 Å². The molecule has 2 aromatic heterocycles. The van der Waals surface area contributed by atoms with Gasteiger partial charge in [0, 0.05) is 4.88 Å². The van der Waals surface area contributed by atoms with Crippen LogP contribution in [0.25, 0.3) is 10.2 Å². The molecule has 0 fully saturated rings. The summed E-state index contributed by atoms with van der Waals surface area (Å²) in [6.07, 6.45) is 5.00. The van der Waals surface area contributed by atoms with Crippen LogP contribution in [0.1, 0.15) is 37.6 Å². The van der Waals surface area contributed by atoms with Crippen molar-refractivity contribution in [3.05, 3.63) is 41.0 Å². The van der Waals surface area contributed by atoms with Crippen LogP contribution >= 0.6 is 11.3 Å². The predicted octanol–water partition coefficient (Wildman–Crippen LogP) is 5.29. The van der Waals surface area contributed by atoms with Crippen LogP contribution in [0.2, 0.25) is 0 Å². The van der Waals surface area contributed by atoms with Crippen LogP contribution in [0.5, 0.6) is 5.75 Å². The molecule has 4 rings (SSSR count). The highest BCUT2D eigenvalue weighted by molar-refractivity contribution is 7.19. The lowest BCUT2D eigenvalue weighted by atomic mass is 9.72. The summed E-state index contributed by atoms with van der Waals surface area (Å²) in [7, 11) is 0. The number of thiophene rings is 1. The second kappa shape index (κ2) is 5.99. The SMILES string of the molecule is CC(C)(C)C1CCc2c(sc3ncnc(Nc4ccccc4O)c23)C1. The van der Waals surface area contributed by atoms with E-state index in [1.165, 1.54) is 16.9 Å². The monoisotopic (exact) mass is 353 g/mol. The Bertz CT molecular complexity index is 926. The zero-order valence-corrected chi connectivity index (χ0v) is 15.7. The van der Waals surface area contributed by atoms with Gasteiger partial charge in [-0.2, -0.15) is 0 Å². The highest BCUT2D eigenvalue weighted by Crippen LogP contribution is 2.44. The van der Waals surface area contributed by atoms with E-state index in [0.717, 1.165) is 28.9 Å². The van der Waals surface area contributed by atoms with Crippen molar-refractivity contribution in [2.45, 2.75) is 40.0 Å². The molecule has 2 heterocycles. The number of fused-ring (bicyclic) bond motifs is 3. The van der Waals surface area contributed by atoms with Crippen molar-refractivity contribution in [2.24, 2.45) is 11.3 Å². The molecule has 0 bridgehead atoms. The third kappa shape index (κ3) is 2.97. The molecule has 3 aromatic rings. The van der Waals surface area contributed by atoms with Crippen molar-refractivity contribution in [1.29, 1.82) is 0 Å². The van der Waals surface area contributed by atoms with E-state index in [-0.39, 0.29) is 5.75 Å². The number of phenolic OH excluding ortho intramolecular Hbond substituents is 1. The molecule has 0 radical (unpaired) electrons. The highest BCUT2D eigenvalue weighted by Gasteiger charge is 2.31. The highest BCUT2D eigenvalue weighted by atomic mass is 32.1. The number of nitrogens with zero attached hydrogens (tertiary/aromatic N) is 2. The van der Waals surface area contributed by atoms with Crippen LogP contribution in [0, 0.1) is 11.3 Å². The largest absolute Gasteiger partial charge is 0.506 e. The Morgan fingerprint density at radius 3 is 2.76 bits per heavy atom. The van der Waals surface area contributed by atoms with E-state index in [2.05, 4.69) is 36.1 Å². The van der Waals surface area contributed by atoms with Gasteiger partial charge in [0.25, 0.3) is 0 Å². The van der Waals surface area contributed by atoms with Crippen LogP contribution in [0.15, 0.2) is 30.6 Å². The Labute approximate surface area is 152 Å². The van der Waals surface area contributed by atoms with E-state index < -0.39 is 0 Å². The fraction of sp³-hybridized carbons (Fsp3) is 0.400. The second-order valence-corrected chi connectivity index (χ2v) is 8.94. The number of anilines is 2. The fourth-order valence-electron chi connectivity index (χ4n) is 3.65. The van der Waals surface area contributed by atoms with Gasteiger partial charge in [0.2, 0.25) is 0 Å². The summed E-state index contributed by atoms with van der Waals surface area (Å²) < 4.78 is 0. The third-order valence-corrected chi connectivity index (χ3v) is 6.39. The Morgan fingerprint density at radius 1 is 1.20 bits per heavy atom. The Kier molecular flexibility index (Phi) is 3.91. The lowest BCUT2D eigenvalue weighted by Gasteiger charge is -2.33. The molecule has 130 valence electrons. The summed E-state index contributed by atoms with van der Waals surface area (Å²) >= 11 is 1.79. The van der Waals surface area contributed by atoms with E-state index in [1.807, 2.05) is 18.2 Å². The number of hydrogen-bond acceptors (Lipinski definition) is 5. The normalized spacial score (nSPS) is 17.5. The van der Waals surface area contributed by atoms with Crippen molar-refractivity contribution in [3.8, 4) is 5.75 Å². The number of nitrogens with one attached hydrogen (secondary N) is 1. The first kappa shape index (κ1) is 16.3. The van der Waals surface area contributed by atoms with Gasteiger partial charge in [-0.05, 0) is 48.3 Å². The predicted molar refractivity (Wildman–Crippen MR) is 104 cm³/mol. The molecule has 0 saturated carbocycles. The van der Waals surface area contributed by atoms with Crippen LogP contribution < -0.4 is 5.32 Å². The summed E-state index contributed by atoms with van der Waals surface area (Å²) in [5.74, 6) is 1.72. The van der Waals surface area contributed by atoms with Gasteiger partial charge in [-0.25, -0.2) is 9.97 Å². The van der Waals surface area contributed by atoms with Crippen molar-refractivity contribution in [2.75, 3.05) is 5.32 Å². The summed E-state index contributed by atoms with van der Waals surface area (Å²) in [6.45, 7) is 7.00. The van der Waals surface area contributed by atoms with Gasteiger partial charge in [-0.3, -0.25) is 0 Å².